The summed E-state index contributed by atoms with van der Waals surface area (Å²) in [5, 5.41) is 0. The highest BCUT2D eigenvalue weighted by molar-refractivity contribution is 5.59. The highest BCUT2D eigenvalue weighted by Gasteiger charge is 1.93. The minimum absolute atomic E-state index is 0.389. The Morgan fingerprint density at radius 3 is 1.50 bits per heavy atom. The summed E-state index contributed by atoms with van der Waals surface area (Å²) >= 11 is 0. The lowest BCUT2D eigenvalue weighted by Gasteiger charge is -1.86. The van der Waals surface area contributed by atoms with Crippen LogP contribution in [0.2, 0.25) is 0 Å². The van der Waals surface area contributed by atoms with Crippen molar-refractivity contribution < 1.29 is 27.8 Å². The van der Waals surface area contributed by atoms with Gasteiger partial charge in [-0.2, -0.15) is 0 Å². The summed E-state index contributed by atoms with van der Waals surface area (Å²) < 4.78 is 29.1. The first-order valence-electron chi connectivity index (χ1n) is 2.00. The third kappa shape index (κ3) is 6.54. The third-order valence-electron chi connectivity index (χ3n) is 0.377. The monoisotopic (exact) mass is 152 g/mol. The number of halogens is 2. The zero-order chi connectivity index (χ0) is 7.98. The second-order valence-electron chi connectivity index (χ2n) is 0.983. The Labute approximate surface area is 54.0 Å². The van der Waals surface area contributed by atoms with Gasteiger partial charge in [-0.3, -0.25) is 0 Å². The van der Waals surface area contributed by atoms with Gasteiger partial charge in [0.25, 0.3) is 0 Å². The molecule has 0 bridgehead atoms. The molecule has 0 aliphatic rings. The predicted molar refractivity (Wildman–Crippen MR) is 24.3 cm³/mol. The Balaban J connectivity index is 3.38. The molecule has 0 atom stereocenters. The van der Waals surface area contributed by atoms with Crippen molar-refractivity contribution in [3.63, 3.8) is 0 Å². The summed E-state index contributed by atoms with van der Waals surface area (Å²) in [4.78, 5) is 18.6. The fraction of sp³-hybridized carbons (Fsp3) is 0. The lowest BCUT2D eigenvalue weighted by Crippen LogP contribution is -1.88. The molecule has 0 heterocycles. The molecule has 6 heteroatoms. The molecule has 0 unspecified atom stereocenters. The lowest BCUT2D eigenvalue weighted by atomic mass is 11.0. The first-order valence-corrected chi connectivity index (χ1v) is 2.00. The van der Waals surface area contributed by atoms with Gasteiger partial charge in [0.05, 0.1) is 0 Å². The van der Waals surface area contributed by atoms with Crippen molar-refractivity contribution in [1.29, 1.82) is 0 Å². The van der Waals surface area contributed by atoms with E-state index < -0.39 is 12.4 Å². The van der Waals surface area contributed by atoms with Crippen molar-refractivity contribution in [2.75, 3.05) is 0 Å². The molecule has 0 aromatic heterocycles. The van der Waals surface area contributed by atoms with Gasteiger partial charge >= 0.3 is 12.4 Å². The zero-order valence-electron chi connectivity index (χ0n) is 4.54. The molecular weight excluding hydrogens is 150 g/mol. The first kappa shape index (κ1) is 8.54. The predicted octanol–water partition coefficient (Wildman–Crippen LogP) is 1.67. The standard InChI is InChI=1S/C4H2F2O4/c5-3(7)9-1-2-10-4(6)8/h1-2H. The maximum absolute atomic E-state index is 11.1. The van der Waals surface area contributed by atoms with Gasteiger partial charge in [-0.1, -0.05) is 0 Å². The van der Waals surface area contributed by atoms with Crippen LogP contribution < -0.4 is 0 Å². The fourth-order valence-corrected chi connectivity index (χ4v) is 0.163. The van der Waals surface area contributed by atoms with Gasteiger partial charge in [-0.15, -0.1) is 8.78 Å². The van der Waals surface area contributed by atoms with Gasteiger partial charge in [0.1, 0.15) is 12.5 Å². The second-order valence-corrected chi connectivity index (χ2v) is 0.983. The Morgan fingerprint density at radius 1 is 1.00 bits per heavy atom. The summed E-state index contributed by atoms with van der Waals surface area (Å²) in [7, 11) is 0. The number of carbonyl (C=O) groups excluding carboxylic acids is 2. The molecule has 10 heavy (non-hydrogen) atoms. The molecule has 0 N–H and O–H groups in total. The van der Waals surface area contributed by atoms with Crippen molar-refractivity contribution >= 4 is 12.4 Å². The van der Waals surface area contributed by atoms with Gasteiger partial charge in [0.15, 0.2) is 0 Å². The number of hydrogen-bond acceptors (Lipinski definition) is 4. The zero-order valence-corrected chi connectivity index (χ0v) is 4.54. The van der Waals surface area contributed by atoms with E-state index >= 15 is 0 Å². The number of rotatable bonds is 2. The van der Waals surface area contributed by atoms with Crippen LogP contribution in [0.4, 0.5) is 18.4 Å². The molecule has 0 aliphatic heterocycles. The van der Waals surface area contributed by atoms with Crippen LogP contribution in [0.25, 0.3) is 0 Å². The van der Waals surface area contributed by atoms with E-state index in [1.165, 1.54) is 0 Å². The fourth-order valence-electron chi connectivity index (χ4n) is 0.163. The molecular formula is C4H2F2O4. The van der Waals surface area contributed by atoms with Crippen LogP contribution in [0.15, 0.2) is 12.5 Å². The largest absolute Gasteiger partial charge is 0.500 e. The van der Waals surface area contributed by atoms with Crippen molar-refractivity contribution in [2.45, 2.75) is 0 Å². The van der Waals surface area contributed by atoms with Crippen LogP contribution >= 0.6 is 0 Å². The van der Waals surface area contributed by atoms with Gasteiger partial charge < -0.3 is 9.47 Å². The molecule has 0 saturated heterocycles. The van der Waals surface area contributed by atoms with Crippen LogP contribution in [0.3, 0.4) is 0 Å². The average molecular weight is 152 g/mol. The molecule has 0 amide bonds. The quantitative estimate of drug-likeness (QED) is 0.446. The number of ether oxygens (including phenoxy) is 2. The Kier molecular flexibility index (Phi) is 3.78. The van der Waals surface area contributed by atoms with E-state index in [-0.39, 0.29) is 0 Å². The molecule has 0 aromatic carbocycles. The maximum atomic E-state index is 11.1. The Morgan fingerprint density at radius 2 is 1.30 bits per heavy atom. The van der Waals surface area contributed by atoms with Crippen molar-refractivity contribution in [3.8, 4) is 0 Å². The number of hydrogen-bond donors (Lipinski definition) is 0. The van der Waals surface area contributed by atoms with E-state index in [4.69, 9.17) is 0 Å². The Bertz CT molecular complexity index is 147. The van der Waals surface area contributed by atoms with Crippen LogP contribution in [-0.4, -0.2) is 12.4 Å². The molecule has 0 aromatic rings. The van der Waals surface area contributed by atoms with Crippen molar-refractivity contribution in [1.82, 2.24) is 0 Å². The normalized spacial score (nSPS) is 9.40. The van der Waals surface area contributed by atoms with Gasteiger partial charge in [-0.25, -0.2) is 9.59 Å². The number of carbonyl (C=O) groups is 2. The van der Waals surface area contributed by atoms with E-state index in [2.05, 4.69) is 9.47 Å². The third-order valence-corrected chi connectivity index (χ3v) is 0.377. The second kappa shape index (κ2) is 4.42. The van der Waals surface area contributed by atoms with E-state index in [0.717, 1.165) is 0 Å². The van der Waals surface area contributed by atoms with Gasteiger partial charge in [0.2, 0.25) is 0 Å². The van der Waals surface area contributed by atoms with Crippen LogP contribution in [-0.2, 0) is 9.47 Å². The van der Waals surface area contributed by atoms with Gasteiger partial charge in [-0.05, 0) is 0 Å². The van der Waals surface area contributed by atoms with E-state index in [9.17, 15) is 18.4 Å². The minimum Gasteiger partial charge on any atom is -0.406 e. The van der Waals surface area contributed by atoms with E-state index in [0.29, 0.717) is 12.5 Å². The molecule has 0 saturated carbocycles. The van der Waals surface area contributed by atoms with Gasteiger partial charge in [0, 0.05) is 0 Å². The van der Waals surface area contributed by atoms with E-state index in [1.54, 1.807) is 0 Å². The molecule has 0 aliphatic carbocycles. The summed E-state index contributed by atoms with van der Waals surface area (Å²) in [5.74, 6) is 0. The Hall–Kier alpha value is -1.46. The summed E-state index contributed by atoms with van der Waals surface area (Å²) in [6.45, 7) is 0. The topological polar surface area (TPSA) is 52.6 Å². The summed E-state index contributed by atoms with van der Waals surface area (Å²) in [5.41, 5.74) is 0. The molecule has 0 radical (unpaired) electrons. The average Bonchev–Trinajstić information content (AvgIpc) is 1.79. The molecule has 4 nitrogen and oxygen atoms in total. The molecule has 56 valence electrons. The van der Waals surface area contributed by atoms with E-state index in [1.807, 2.05) is 0 Å². The lowest BCUT2D eigenvalue weighted by molar-refractivity contribution is 0.145. The van der Waals surface area contributed by atoms with Crippen LogP contribution in [0.5, 0.6) is 0 Å². The maximum Gasteiger partial charge on any atom is 0.500 e. The van der Waals surface area contributed by atoms with Crippen LogP contribution in [0.1, 0.15) is 0 Å². The highest BCUT2D eigenvalue weighted by Crippen LogP contribution is 1.87. The SMILES string of the molecule is O=C(F)OC=COC(=O)F. The summed E-state index contributed by atoms with van der Waals surface area (Å²) in [6.07, 6.45) is -3.38. The van der Waals surface area contributed by atoms with Crippen LogP contribution in [0, 0.1) is 0 Å². The molecule has 0 fully saturated rings. The smallest absolute Gasteiger partial charge is 0.406 e. The minimum atomic E-state index is -2.08. The van der Waals surface area contributed by atoms with Crippen molar-refractivity contribution in [3.05, 3.63) is 12.5 Å². The summed E-state index contributed by atoms with van der Waals surface area (Å²) in [6, 6.07) is 0. The first-order chi connectivity index (χ1) is 4.63. The highest BCUT2D eigenvalue weighted by atomic mass is 19.2. The van der Waals surface area contributed by atoms with Crippen molar-refractivity contribution in [2.24, 2.45) is 0 Å². The molecule has 0 rings (SSSR count). The molecule has 0 spiro atoms.